The smallest absolute Gasteiger partial charge is 0.157 e. The van der Waals surface area contributed by atoms with Crippen LogP contribution in [-0.4, -0.2) is 11.2 Å². The summed E-state index contributed by atoms with van der Waals surface area (Å²) in [6.45, 7) is 4.04. The van der Waals surface area contributed by atoms with Crippen molar-refractivity contribution in [3.63, 3.8) is 0 Å². The summed E-state index contributed by atoms with van der Waals surface area (Å²) in [7, 11) is 0. The van der Waals surface area contributed by atoms with Gasteiger partial charge in [0.15, 0.2) is 5.78 Å². The minimum absolute atomic E-state index is 0.00212. The van der Waals surface area contributed by atoms with Crippen molar-refractivity contribution in [2.24, 2.45) is 0 Å². The summed E-state index contributed by atoms with van der Waals surface area (Å²) < 4.78 is 0. The van der Waals surface area contributed by atoms with E-state index in [1.165, 1.54) is 0 Å². The lowest BCUT2D eigenvalue weighted by Crippen LogP contribution is -2.05. The second-order valence-corrected chi connectivity index (χ2v) is 3.91. The van der Waals surface area contributed by atoms with Crippen molar-refractivity contribution < 1.29 is 4.79 Å². The summed E-state index contributed by atoms with van der Waals surface area (Å²) in [5.74, 6) is 0.110. The van der Waals surface area contributed by atoms with Crippen LogP contribution in [0.15, 0.2) is 24.3 Å². The molecule has 1 unspecified atom stereocenters. The number of allylic oxidation sites excluding steroid dienone is 4. The fourth-order valence-corrected chi connectivity index (χ4v) is 1.39. The van der Waals surface area contributed by atoms with Gasteiger partial charge in [-0.15, -0.1) is 11.6 Å². The monoisotopic (exact) mass is 214 g/mol. The first kappa shape index (κ1) is 13.4. The zero-order valence-corrected chi connectivity index (χ0v) is 9.76. The minimum atomic E-state index is -0.00212. The van der Waals surface area contributed by atoms with E-state index >= 15 is 0 Å². The number of halogens is 1. The normalized spacial score (nSPS) is 13.9. The van der Waals surface area contributed by atoms with Crippen molar-refractivity contribution in [1.82, 2.24) is 0 Å². The van der Waals surface area contributed by atoms with Gasteiger partial charge in [-0.05, 0) is 19.4 Å². The zero-order valence-electron chi connectivity index (χ0n) is 9.00. The number of rotatable bonds is 7. The van der Waals surface area contributed by atoms with E-state index in [0.29, 0.717) is 6.42 Å². The largest absolute Gasteiger partial charge is 0.295 e. The fraction of sp³-hybridized carbons (Fsp3) is 0.583. The van der Waals surface area contributed by atoms with Crippen LogP contribution in [0.1, 0.15) is 39.5 Å². The van der Waals surface area contributed by atoms with Crippen LogP contribution in [0, 0.1) is 0 Å². The maximum Gasteiger partial charge on any atom is 0.157 e. The van der Waals surface area contributed by atoms with Gasteiger partial charge in [-0.25, -0.2) is 0 Å². The lowest BCUT2D eigenvalue weighted by atomic mass is 10.1. The lowest BCUT2D eigenvalue weighted by Gasteiger charge is -2.04. The van der Waals surface area contributed by atoms with E-state index < -0.39 is 0 Å². The van der Waals surface area contributed by atoms with E-state index in [-0.39, 0.29) is 11.2 Å². The van der Waals surface area contributed by atoms with Gasteiger partial charge in [-0.3, -0.25) is 4.79 Å². The summed E-state index contributed by atoms with van der Waals surface area (Å²) in [6, 6.07) is 0. The first-order valence-electron chi connectivity index (χ1n) is 5.17. The van der Waals surface area contributed by atoms with Crippen molar-refractivity contribution in [2.75, 3.05) is 0 Å². The molecule has 0 saturated heterocycles. The molecule has 14 heavy (non-hydrogen) atoms. The second kappa shape index (κ2) is 9.01. The second-order valence-electron chi connectivity index (χ2n) is 3.29. The van der Waals surface area contributed by atoms with Crippen LogP contribution in [0.3, 0.4) is 0 Å². The Labute approximate surface area is 91.8 Å². The van der Waals surface area contributed by atoms with E-state index in [4.69, 9.17) is 11.6 Å². The average Bonchev–Trinajstić information content (AvgIpc) is 2.15. The maximum atomic E-state index is 11.3. The Bertz CT molecular complexity index is 206. The van der Waals surface area contributed by atoms with Crippen LogP contribution in [-0.2, 0) is 4.79 Å². The number of unbranched alkanes of at least 4 members (excludes halogenated alkanes) is 1. The Morgan fingerprint density at radius 3 is 2.71 bits per heavy atom. The molecule has 0 rings (SSSR count). The van der Waals surface area contributed by atoms with Crippen LogP contribution >= 0.6 is 11.6 Å². The van der Waals surface area contributed by atoms with E-state index in [0.717, 1.165) is 19.3 Å². The van der Waals surface area contributed by atoms with E-state index in [2.05, 4.69) is 6.92 Å². The summed E-state index contributed by atoms with van der Waals surface area (Å²) >= 11 is 5.99. The van der Waals surface area contributed by atoms with E-state index in [9.17, 15) is 4.79 Å². The van der Waals surface area contributed by atoms with Crippen LogP contribution in [0.5, 0.6) is 0 Å². The Morgan fingerprint density at radius 1 is 1.43 bits per heavy atom. The molecule has 1 atom stereocenters. The Morgan fingerprint density at radius 2 is 2.14 bits per heavy atom. The molecule has 0 radical (unpaired) electrons. The highest BCUT2D eigenvalue weighted by atomic mass is 35.5. The molecule has 0 saturated carbocycles. The van der Waals surface area contributed by atoms with Gasteiger partial charge in [0.25, 0.3) is 0 Å². The molecule has 0 bridgehead atoms. The van der Waals surface area contributed by atoms with Gasteiger partial charge < -0.3 is 0 Å². The number of hydrogen-bond acceptors (Lipinski definition) is 1. The standard InChI is InChI=1S/C12H19ClO/c1-3-5-7-9-12(14)10-11(13)8-6-4-2/h3,5,7,9,11H,4,6,8,10H2,1-2H3/b5-3+,9-7+. The summed E-state index contributed by atoms with van der Waals surface area (Å²) in [4.78, 5) is 11.3. The molecule has 0 aliphatic heterocycles. The maximum absolute atomic E-state index is 11.3. The Balaban J connectivity index is 3.70. The van der Waals surface area contributed by atoms with Crippen LogP contribution in [0.4, 0.5) is 0 Å². The predicted octanol–water partition coefficient (Wildman–Crippen LogP) is 3.88. The van der Waals surface area contributed by atoms with Gasteiger partial charge >= 0.3 is 0 Å². The number of carbonyl (C=O) groups is 1. The Kier molecular flexibility index (Phi) is 8.65. The molecular formula is C12H19ClO. The van der Waals surface area contributed by atoms with Gasteiger partial charge in [0.1, 0.15) is 0 Å². The third kappa shape index (κ3) is 8.06. The van der Waals surface area contributed by atoms with Crippen molar-refractivity contribution >= 4 is 17.4 Å². The molecule has 80 valence electrons. The minimum Gasteiger partial charge on any atom is -0.295 e. The van der Waals surface area contributed by atoms with Crippen LogP contribution in [0.2, 0.25) is 0 Å². The number of carbonyl (C=O) groups excluding carboxylic acids is 1. The van der Waals surface area contributed by atoms with Gasteiger partial charge in [-0.1, -0.05) is 38.0 Å². The molecule has 0 fully saturated rings. The highest BCUT2D eigenvalue weighted by Gasteiger charge is 2.07. The van der Waals surface area contributed by atoms with E-state index in [1.807, 2.05) is 19.1 Å². The van der Waals surface area contributed by atoms with Gasteiger partial charge in [0.2, 0.25) is 0 Å². The van der Waals surface area contributed by atoms with Crippen LogP contribution < -0.4 is 0 Å². The zero-order chi connectivity index (χ0) is 10.8. The molecule has 0 aromatic carbocycles. The number of hydrogen-bond donors (Lipinski definition) is 0. The fourth-order valence-electron chi connectivity index (χ4n) is 1.09. The molecule has 0 N–H and O–H groups in total. The van der Waals surface area contributed by atoms with Crippen LogP contribution in [0.25, 0.3) is 0 Å². The SMILES string of the molecule is C/C=C/C=C/C(=O)CC(Cl)CCCC. The third-order valence-corrected chi connectivity index (χ3v) is 2.25. The Hall–Kier alpha value is -0.560. The lowest BCUT2D eigenvalue weighted by molar-refractivity contribution is -0.114. The molecule has 0 aliphatic carbocycles. The quantitative estimate of drug-likeness (QED) is 0.357. The number of alkyl halides is 1. The van der Waals surface area contributed by atoms with E-state index in [1.54, 1.807) is 12.2 Å². The molecule has 0 spiro atoms. The van der Waals surface area contributed by atoms with Gasteiger partial charge in [-0.2, -0.15) is 0 Å². The molecule has 2 heteroatoms. The average molecular weight is 215 g/mol. The summed E-state index contributed by atoms with van der Waals surface area (Å²) in [5.41, 5.74) is 0. The van der Waals surface area contributed by atoms with Gasteiger partial charge in [0, 0.05) is 11.8 Å². The van der Waals surface area contributed by atoms with Crippen molar-refractivity contribution in [1.29, 1.82) is 0 Å². The van der Waals surface area contributed by atoms with Crippen molar-refractivity contribution in [3.05, 3.63) is 24.3 Å². The molecule has 0 amide bonds. The highest BCUT2D eigenvalue weighted by Crippen LogP contribution is 2.11. The molecule has 0 heterocycles. The molecule has 1 nitrogen and oxygen atoms in total. The predicted molar refractivity (Wildman–Crippen MR) is 62.7 cm³/mol. The highest BCUT2D eigenvalue weighted by molar-refractivity contribution is 6.22. The molecule has 0 aliphatic rings. The van der Waals surface area contributed by atoms with Gasteiger partial charge in [0.05, 0.1) is 0 Å². The third-order valence-electron chi connectivity index (χ3n) is 1.88. The van der Waals surface area contributed by atoms with Crippen molar-refractivity contribution in [2.45, 2.75) is 44.9 Å². The topological polar surface area (TPSA) is 17.1 Å². The van der Waals surface area contributed by atoms with Crippen molar-refractivity contribution in [3.8, 4) is 0 Å². The summed E-state index contributed by atoms with van der Waals surface area (Å²) in [6.07, 6.45) is 10.7. The number of ketones is 1. The molecule has 0 aromatic heterocycles. The molecule has 0 aromatic rings. The molecular weight excluding hydrogens is 196 g/mol. The summed E-state index contributed by atoms with van der Waals surface area (Å²) in [5, 5.41) is -0.00212. The first-order chi connectivity index (χ1) is 6.70. The first-order valence-corrected chi connectivity index (χ1v) is 5.60.